The molecule has 4 unspecified atom stereocenters. The molecule has 5 rings (SSSR count). The summed E-state index contributed by atoms with van der Waals surface area (Å²) < 4.78 is 0. The van der Waals surface area contributed by atoms with Crippen molar-refractivity contribution in [2.24, 2.45) is 5.92 Å². The quantitative estimate of drug-likeness (QED) is 0.697. The van der Waals surface area contributed by atoms with Gasteiger partial charge in [0.05, 0.1) is 0 Å². The van der Waals surface area contributed by atoms with Crippen LogP contribution in [-0.2, 0) is 0 Å². The van der Waals surface area contributed by atoms with Gasteiger partial charge in [-0.25, -0.2) is 0 Å². The van der Waals surface area contributed by atoms with Crippen molar-refractivity contribution >= 4 is 11.3 Å². The van der Waals surface area contributed by atoms with Gasteiger partial charge in [0.1, 0.15) is 11.7 Å². The summed E-state index contributed by atoms with van der Waals surface area (Å²) in [5.41, 5.74) is 7.62. The second-order valence-electron chi connectivity index (χ2n) is 6.79. The molecule has 4 atom stereocenters. The number of hydrogen-bond donors (Lipinski definition) is 1. The molecule has 0 aromatic heterocycles. The molecule has 4 aliphatic rings. The zero-order valence-electron chi connectivity index (χ0n) is 12.3. The summed E-state index contributed by atoms with van der Waals surface area (Å²) in [6.45, 7) is 2.39. The summed E-state index contributed by atoms with van der Waals surface area (Å²) in [5, 5.41) is 2.48. The van der Waals surface area contributed by atoms with Crippen LogP contribution in [0.5, 0.6) is 0 Å². The number of fused-ring (bicyclic) bond motifs is 6. The molecule has 0 fully saturated rings. The van der Waals surface area contributed by atoms with Gasteiger partial charge in [0, 0.05) is 29.5 Å². The number of benzene rings is 1. The first kappa shape index (κ1) is 11.8. The van der Waals surface area contributed by atoms with Crippen molar-refractivity contribution in [3.05, 3.63) is 71.4 Å². The monoisotopic (exact) mass is 274 g/mol. The molecule has 1 heteroatoms. The second kappa shape index (κ2) is 4.08. The lowest BCUT2D eigenvalue weighted by atomic mass is 9.85. The van der Waals surface area contributed by atoms with E-state index in [1.165, 1.54) is 16.8 Å². The van der Waals surface area contributed by atoms with Crippen LogP contribution in [0.2, 0.25) is 0 Å². The lowest BCUT2D eigenvalue weighted by Gasteiger charge is -2.19. The summed E-state index contributed by atoms with van der Waals surface area (Å²) in [5.74, 6) is 1.88. The van der Waals surface area contributed by atoms with Crippen molar-refractivity contribution < 1.29 is 5.32 Å². The Morgan fingerprint density at radius 1 is 1.05 bits per heavy atom. The van der Waals surface area contributed by atoms with Crippen molar-refractivity contribution in [3.8, 4) is 0 Å². The van der Waals surface area contributed by atoms with Gasteiger partial charge in [-0.15, -0.1) is 0 Å². The minimum absolute atomic E-state index is 0.587. The van der Waals surface area contributed by atoms with E-state index in [0.717, 1.165) is 6.42 Å². The van der Waals surface area contributed by atoms with Crippen LogP contribution in [-0.4, -0.2) is 6.04 Å². The highest BCUT2D eigenvalue weighted by Crippen LogP contribution is 2.51. The third kappa shape index (κ3) is 1.50. The number of hydrogen-bond acceptors (Lipinski definition) is 0. The van der Waals surface area contributed by atoms with Gasteiger partial charge >= 0.3 is 0 Å². The largest absolute Gasteiger partial charge is 0.307 e. The van der Waals surface area contributed by atoms with Gasteiger partial charge in [-0.2, -0.15) is 0 Å². The standard InChI is InChI=1S/C20H19N/c1-12-13-6-2-3-7-14(13)17-10-18-15-8-4-5-9-19(15)21-20(18)11-16(12)17/h2-8,10-14,19,21H,9H2,1H3/p+1. The second-order valence-corrected chi connectivity index (χ2v) is 6.79. The Balaban J connectivity index is 1.69. The van der Waals surface area contributed by atoms with Gasteiger partial charge in [0.25, 0.3) is 0 Å². The number of rotatable bonds is 0. The van der Waals surface area contributed by atoms with E-state index in [4.69, 9.17) is 0 Å². The third-order valence-corrected chi connectivity index (χ3v) is 5.75. The molecule has 1 heterocycles. The molecule has 1 aliphatic heterocycles. The fourth-order valence-electron chi connectivity index (χ4n) is 4.65. The first-order valence-electron chi connectivity index (χ1n) is 8.08. The Morgan fingerprint density at radius 3 is 2.90 bits per heavy atom. The zero-order valence-corrected chi connectivity index (χ0v) is 12.3. The highest BCUT2D eigenvalue weighted by molar-refractivity contribution is 5.81. The molecule has 0 saturated heterocycles. The molecule has 104 valence electrons. The summed E-state index contributed by atoms with van der Waals surface area (Å²) in [4.78, 5) is 0. The summed E-state index contributed by atoms with van der Waals surface area (Å²) in [6.07, 6.45) is 17.2. The Kier molecular flexibility index (Phi) is 2.29. The number of allylic oxidation sites excluding steroid dienone is 6. The summed E-state index contributed by atoms with van der Waals surface area (Å²) in [7, 11) is 0. The average Bonchev–Trinajstić information content (AvgIpc) is 3.02. The van der Waals surface area contributed by atoms with Crippen LogP contribution < -0.4 is 5.32 Å². The lowest BCUT2D eigenvalue weighted by Crippen LogP contribution is -2.82. The predicted octanol–water partition coefficient (Wildman–Crippen LogP) is 3.55. The molecule has 1 aromatic carbocycles. The minimum Gasteiger partial charge on any atom is -0.307 e. The molecule has 0 spiro atoms. The van der Waals surface area contributed by atoms with Crippen LogP contribution in [0.3, 0.4) is 0 Å². The molecule has 1 aromatic rings. The molecule has 0 bridgehead atoms. The SMILES string of the molecule is CC1c2cc3c(cc2C2C=CC=CC12)C1=CC=CCC1[NH2+]3. The molecule has 0 amide bonds. The van der Waals surface area contributed by atoms with Gasteiger partial charge in [-0.1, -0.05) is 49.5 Å². The van der Waals surface area contributed by atoms with Crippen molar-refractivity contribution in [3.63, 3.8) is 0 Å². The maximum absolute atomic E-state index is 2.50. The molecule has 1 nitrogen and oxygen atoms in total. The van der Waals surface area contributed by atoms with Gasteiger partial charge in [0.15, 0.2) is 0 Å². The van der Waals surface area contributed by atoms with E-state index in [1.807, 2.05) is 0 Å². The van der Waals surface area contributed by atoms with Crippen molar-refractivity contribution in [1.29, 1.82) is 0 Å². The van der Waals surface area contributed by atoms with E-state index in [0.29, 0.717) is 23.8 Å². The Morgan fingerprint density at radius 2 is 1.95 bits per heavy atom. The molecule has 3 aliphatic carbocycles. The van der Waals surface area contributed by atoms with Crippen LogP contribution in [0.1, 0.15) is 41.9 Å². The average molecular weight is 274 g/mol. The van der Waals surface area contributed by atoms with Crippen LogP contribution >= 0.6 is 0 Å². The van der Waals surface area contributed by atoms with E-state index in [-0.39, 0.29) is 0 Å². The van der Waals surface area contributed by atoms with Gasteiger partial charge in [-0.05, 0) is 29.0 Å². The smallest absolute Gasteiger partial charge is 0.138 e. The predicted molar refractivity (Wildman–Crippen MR) is 86.5 cm³/mol. The maximum Gasteiger partial charge on any atom is 0.138 e. The zero-order chi connectivity index (χ0) is 14.0. The maximum atomic E-state index is 2.50. The van der Waals surface area contributed by atoms with E-state index < -0.39 is 0 Å². The van der Waals surface area contributed by atoms with Gasteiger partial charge in [-0.3, -0.25) is 0 Å². The number of quaternary nitrogens is 1. The summed E-state index contributed by atoms with van der Waals surface area (Å²) in [6, 6.07) is 5.59. The molecule has 0 radical (unpaired) electrons. The molecule has 0 saturated carbocycles. The molecular formula is C20H20N+. The van der Waals surface area contributed by atoms with Crippen molar-refractivity contribution in [1.82, 2.24) is 0 Å². The fraction of sp³-hybridized carbons (Fsp3) is 0.300. The number of nitrogens with two attached hydrogens (primary N) is 1. The van der Waals surface area contributed by atoms with Gasteiger partial charge in [0.2, 0.25) is 0 Å². The van der Waals surface area contributed by atoms with Crippen LogP contribution in [0.4, 0.5) is 5.69 Å². The van der Waals surface area contributed by atoms with E-state index in [1.54, 1.807) is 11.1 Å². The van der Waals surface area contributed by atoms with E-state index >= 15 is 0 Å². The van der Waals surface area contributed by atoms with E-state index in [9.17, 15) is 0 Å². The first-order valence-corrected chi connectivity index (χ1v) is 8.08. The fourth-order valence-corrected chi connectivity index (χ4v) is 4.65. The van der Waals surface area contributed by atoms with Crippen molar-refractivity contribution in [2.75, 3.05) is 0 Å². The lowest BCUT2D eigenvalue weighted by molar-refractivity contribution is -0.589. The normalized spacial score (nSPS) is 34.2. The van der Waals surface area contributed by atoms with Gasteiger partial charge < -0.3 is 5.32 Å². The highest BCUT2D eigenvalue weighted by atomic mass is 15.0. The van der Waals surface area contributed by atoms with Crippen LogP contribution in [0.15, 0.2) is 54.7 Å². The third-order valence-electron chi connectivity index (χ3n) is 5.75. The Bertz CT molecular complexity index is 747. The molecule has 2 N–H and O–H groups in total. The van der Waals surface area contributed by atoms with Crippen LogP contribution in [0.25, 0.3) is 5.57 Å². The first-order chi connectivity index (χ1) is 10.3. The van der Waals surface area contributed by atoms with Crippen molar-refractivity contribution in [2.45, 2.75) is 31.2 Å². The summed E-state index contributed by atoms with van der Waals surface area (Å²) >= 11 is 0. The molecule has 21 heavy (non-hydrogen) atoms. The van der Waals surface area contributed by atoms with E-state index in [2.05, 4.69) is 66.9 Å². The van der Waals surface area contributed by atoms with Crippen LogP contribution in [0, 0.1) is 5.92 Å². The topological polar surface area (TPSA) is 16.6 Å². The Hall–Kier alpha value is -1.86. The highest BCUT2D eigenvalue weighted by Gasteiger charge is 2.40. The Labute approximate surface area is 125 Å². The molecular weight excluding hydrogens is 254 g/mol. The minimum atomic E-state index is 0.587.